The van der Waals surface area contributed by atoms with Crippen molar-refractivity contribution in [1.29, 1.82) is 0 Å². The smallest absolute Gasteiger partial charge is 0.234 e. The summed E-state index contributed by atoms with van der Waals surface area (Å²) >= 11 is 0. The van der Waals surface area contributed by atoms with Gasteiger partial charge in [-0.15, -0.1) is 0 Å². The molecule has 0 aliphatic carbocycles. The molecule has 4 nitrogen and oxygen atoms in total. The van der Waals surface area contributed by atoms with E-state index in [0.29, 0.717) is 5.78 Å². The van der Waals surface area contributed by atoms with Crippen LogP contribution < -0.4 is 0 Å². The van der Waals surface area contributed by atoms with Crippen LogP contribution in [0, 0.1) is 6.92 Å². The Labute approximate surface area is 92.6 Å². The molecular weight excluding hydrogens is 200 g/mol. The van der Waals surface area contributed by atoms with E-state index in [9.17, 15) is 0 Å². The molecule has 0 atom stereocenters. The lowest BCUT2D eigenvalue weighted by Gasteiger charge is -1.96. The Bertz CT molecular complexity index is 609. The number of aromatic nitrogens is 4. The summed E-state index contributed by atoms with van der Waals surface area (Å²) < 4.78 is 1.91. The van der Waals surface area contributed by atoms with Crippen LogP contribution in [-0.2, 0) is 0 Å². The molecule has 0 radical (unpaired) electrons. The Hall–Kier alpha value is -2.23. The van der Waals surface area contributed by atoms with Gasteiger partial charge in [0.25, 0.3) is 0 Å². The molecule has 3 aromatic heterocycles. The first-order valence-corrected chi connectivity index (χ1v) is 5.06. The highest BCUT2D eigenvalue weighted by Gasteiger charge is 2.04. The van der Waals surface area contributed by atoms with E-state index >= 15 is 0 Å². The molecule has 16 heavy (non-hydrogen) atoms. The first kappa shape index (κ1) is 9.03. The fourth-order valence-electron chi connectivity index (χ4n) is 1.67. The van der Waals surface area contributed by atoms with Crippen molar-refractivity contribution in [2.24, 2.45) is 0 Å². The molecule has 4 heteroatoms. The average Bonchev–Trinajstić information content (AvgIpc) is 2.72. The molecule has 3 aromatic rings. The van der Waals surface area contributed by atoms with Crippen molar-refractivity contribution in [2.75, 3.05) is 0 Å². The van der Waals surface area contributed by atoms with Gasteiger partial charge in [-0.05, 0) is 25.1 Å². The zero-order valence-corrected chi connectivity index (χ0v) is 8.83. The normalized spacial score (nSPS) is 10.8. The van der Waals surface area contributed by atoms with Gasteiger partial charge in [-0.3, -0.25) is 9.38 Å². The van der Waals surface area contributed by atoms with E-state index in [-0.39, 0.29) is 0 Å². The summed E-state index contributed by atoms with van der Waals surface area (Å²) in [5.41, 5.74) is 2.98. The second-order valence-electron chi connectivity index (χ2n) is 3.64. The average molecular weight is 210 g/mol. The van der Waals surface area contributed by atoms with Crippen LogP contribution in [0.25, 0.3) is 17.0 Å². The summed E-state index contributed by atoms with van der Waals surface area (Å²) in [6.45, 7) is 1.97. The molecule has 0 amide bonds. The van der Waals surface area contributed by atoms with Crippen molar-refractivity contribution in [1.82, 2.24) is 19.4 Å². The van der Waals surface area contributed by atoms with E-state index in [1.165, 1.54) is 0 Å². The van der Waals surface area contributed by atoms with Crippen molar-refractivity contribution < 1.29 is 0 Å². The minimum Gasteiger partial charge on any atom is -0.291 e. The van der Waals surface area contributed by atoms with Crippen molar-refractivity contribution in [3.05, 3.63) is 48.7 Å². The Morgan fingerprint density at radius 3 is 2.94 bits per heavy atom. The standard InChI is InChI=1S/C12H10N4/c1-9-7-10(3-5-13-9)11-8-16-6-2-4-14-12(16)15-11/h2-8H,1H3. The van der Waals surface area contributed by atoms with Crippen LogP contribution in [0.5, 0.6) is 0 Å². The number of hydrogen-bond donors (Lipinski definition) is 0. The molecule has 0 saturated heterocycles. The number of hydrogen-bond acceptors (Lipinski definition) is 3. The van der Waals surface area contributed by atoms with Gasteiger partial charge in [-0.1, -0.05) is 0 Å². The van der Waals surface area contributed by atoms with Crippen LogP contribution in [0.4, 0.5) is 0 Å². The third-order valence-electron chi connectivity index (χ3n) is 2.43. The number of rotatable bonds is 1. The molecule has 3 heterocycles. The molecule has 0 saturated carbocycles. The van der Waals surface area contributed by atoms with Gasteiger partial charge in [-0.2, -0.15) is 0 Å². The van der Waals surface area contributed by atoms with E-state index in [4.69, 9.17) is 0 Å². The van der Waals surface area contributed by atoms with Crippen LogP contribution in [-0.4, -0.2) is 19.4 Å². The number of nitrogens with zero attached hydrogens (tertiary/aromatic N) is 4. The Morgan fingerprint density at radius 2 is 2.12 bits per heavy atom. The van der Waals surface area contributed by atoms with E-state index in [1.54, 1.807) is 12.4 Å². The topological polar surface area (TPSA) is 43.1 Å². The van der Waals surface area contributed by atoms with Crippen molar-refractivity contribution in [3.63, 3.8) is 0 Å². The highest BCUT2D eigenvalue weighted by atomic mass is 15.1. The minimum absolute atomic E-state index is 0.715. The molecule has 0 bridgehead atoms. The highest BCUT2D eigenvalue weighted by molar-refractivity contribution is 5.61. The maximum Gasteiger partial charge on any atom is 0.234 e. The van der Waals surface area contributed by atoms with Crippen LogP contribution in [0.2, 0.25) is 0 Å². The lowest BCUT2D eigenvalue weighted by atomic mass is 10.2. The van der Waals surface area contributed by atoms with Gasteiger partial charge in [0, 0.05) is 36.0 Å². The van der Waals surface area contributed by atoms with Gasteiger partial charge in [0.2, 0.25) is 5.78 Å². The van der Waals surface area contributed by atoms with E-state index in [1.807, 2.05) is 41.9 Å². The van der Waals surface area contributed by atoms with Crippen molar-refractivity contribution in [3.8, 4) is 11.3 Å². The largest absolute Gasteiger partial charge is 0.291 e. The predicted molar refractivity (Wildman–Crippen MR) is 61.0 cm³/mol. The molecule has 78 valence electrons. The summed E-state index contributed by atoms with van der Waals surface area (Å²) in [4.78, 5) is 12.8. The monoisotopic (exact) mass is 210 g/mol. The summed E-state index contributed by atoms with van der Waals surface area (Å²) in [7, 11) is 0. The van der Waals surface area contributed by atoms with Crippen LogP contribution >= 0.6 is 0 Å². The quantitative estimate of drug-likeness (QED) is 0.617. The zero-order valence-electron chi connectivity index (χ0n) is 8.83. The highest BCUT2D eigenvalue weighted by Crippen LogP contribution is 2.18. The van der Waals surface area contributed by atoms with Crippen LogP contribution in [0.1, 0.15) is 5.69 Å². The molecule has 0 fully saturated rings. The van der Waals surface area contributed by atoms with E-state index in [2.05, 4.69) is 15.0 Å². The Kier molecular flexibility index (Phi) is 1.93. The lowest BCUT2D eigenvalue weighted by molar-refractivity contribution is 1.11. The Morgan fingerprint density at radius 1 is 1.19 bits per heavy atom. The molecule has 0 aliphatic heterocycles. The molecular formula is C12H10N4. The van der Waals surface area contributed by atoms with Crippen molar-refractivity contribution >= 4 is 5.78 Å². The number of aryl methyl sites for hydroxylation is 1. The van der Waals surface area contributed by atoms with Gasteiger partial charge in [0.1, 0.15) is 0 Å². The first-order valence-electron chi connectivity index (χ1n) is 5.06. The van der Waals surface area contributed by atoms with Gasteiger partial charge < -0.3 is 0 Å². The maximum atomic E-state index is 4.45. The summed E-state index contributed by atoms with van der Waals surface area (Å²) in [5, 5.41) is 0. The third-order valence-corrected chi connectivity index (χ3v) is 2.43. The van der Waals surface area contributed by atoms with E-state index in [0.717, 1.165) is 17.0 Å². The van der Waals surface area contributed by atoms with Crippen LogP contribution in [0.3, 0.4) is 0 Å². The lowest BCUT2D eigenvalue weighted by Crippen LogP contribution is -1.83. The fourth-order valence-corrected chi connectivity index (χ4v) is 1.67. The molecule has 0 aliphatic rings. The maximum absolute atomic E-state index is 4.45. The summed E-state index contributed by atoms with van der Waals surface area (Å²) in [6.07, 6.45) is 7.44. The molecule has 0 N–H and O–H groups in total. The minimum atomic E-state index is 0.715. The molecule has 3 rings (SSSR count). The third kappa shape index (κ3) is 1.44. The number of fused-ring (bicyclic) bond motifs is 1. The van der Waals surface area contributed by atoms with Gasteiger partial charge in [0.15, 0.2) is 0 Å². The predicted octanol–water partition coefficient (Wildman–Crippen LogP) is 2.10. The van der Waals surface area contributed by atoms with Crippen LogP contribution in [0.15, 0.2) is 43.0 Å². The summed E-state index contributed by atoms with van der Waals surface area (Å²) in [5.74, 6) is 0.715. The van der Waals surface area contributed by atoms with Gasteiger partial charge >= 0.3 is 0 Å². The number of pyridine rings is 1. The second-order valence-corrected chi connectivity index (χ2v) is 3.64. The molecule has 0 spiro atoms. The molecule has 0 unspecified atom stereocenters. The SMILES string of the molecule is Cc1cc(-c2cn3cccnc3n2)ccn1. The second kappa shape index (κ2) is 3.41. The van der Waals surface area contributed by atoms with E-state index < -0.39 is 0 Å². The summed E-state index contributed by atoms with van der Waals surface area (Å²) in [6, 6.07) is 5.85. The first-order chi connectivity index (χ1) is 7.83. The van der Waals surface area contributed by atoms with Gasteiger partial charge in [-0.25, -0.2) is 9.97 Å². The van der Waals surface area contributed by atoms with Crippen molar-refractivity contribution in [2.45, 2.75) is 6.92 Å². The Balaban J connectivity index is 2.19. The fraction of sp³-hybridized carbons (Fsp3) is 0.0833. The number of imidazole rings is 1. The molecule has 0 aromatic carbocycles. The zero-order chi connectivity index (χ0) is 11.0. The van der Waals surface area contributed by atoms with Gasteiger partial charge in [0.05, 0.1) is 5.69 Å².